The minimum atomic E-state index is -0.406. The van der Waals surface area contributed by atoms with Crippen molar-refractivity contribution in [1.82, 2.24) is 19.3 Å². The molecule has 0 spiro atoms. The van der Waals surface area contributed by atoms with Crippen molar-refractivity contribution in [2.75, 3.05) is 0 Å². The van der Waals surface area contributed by atoms with Crippen molar-refractivity contribution in [2.24, 2.45) is 0 Å². The average molecular weight is 408 g/mol. The van der Waals surface area contributed by atoms with Gasteiger partial charge in [-0.05, 0) is 42.8 Å². The zero-order valence-corrected chi connectivity index (χ0v) is 16.5. The van der Waals surface area contributed by atoms with E-state index in [1.54, 1.807) is 36.4 Å². The summed E-state index contributed by atoms with van der Waals surface area (Å²) in [4.78, 5) is 30.3. The van der Waals surface area contributed by atoms with Crippen LogP contribution >= 0.6 is 0 Å². The molecule has 2 heterocycles. The van der Waals surface area contributed by atoms with Crippen LogP contribution < -0.4 is 11.2 Å². The quantitative estimate of drug-likeness (QED) is 0.437. The number of aromatic nitrogens is 4. The average Bonchev–Trinajstić information content (AvgIpc) is 3.23. The molecule has 4 rings (SSSR count). The fourth-order valence-electron chi connectivity index (χ4n) is 3.41. The summed E-state index contributed by atoms with van der Waals surface area (Å²) in [6.45, 7) is 2.46. The number of benzene rings is 2. The van der Waals surface area contributed by atoms with Gasteiger partial charge in [0.15, 0.2) is 0 Å². The van der Waals surface area contributed by atoms with Crippen molar-refractivity contribution >= 4 is 10.9 Å². The highest BCUT2D eigenvalue weighted by Gasteiger charge is 2.16. The zero-order valence-electron chi connectivity index (χ0n) is 16.5. The van der Waals surface area contributed by atoms with E-state index in [0.29, 0.717) is 28.8 Å². The first-order valence-corrected chi connectivity index (χ1v) is 9.89. The summed E-state index contributed by atoms with van der Waals surface area (Å²) in [5, 5.41) is 4.39. The minimum Gasteiger partial charge on any atom is -0.337 e. The zero-order chi connectivity index (χ0) is 21.1. The monoisotopic (exact) mass is 408 g/mol. The van der Waals surface area contributed by atoms with Crippen molar-refractivity contribution < 1.29 is 8.91 Å². The smallest absolute Gasteiger partial charge is 0.331 e. The van der Waals surface area contributed by atoms with Crippen LogP contribution in [0.15, 0.2) is 62.6 Å². The van der Waals surface area contributed by atoms with E-state index >= 15 is 0 Å². The number of unbranched alkanes of at least 4 members (excludes halogenated alkanes) is 2. The van der Waals surface area contributed by atoms with Crippen molar-refractivity contribution in [3.8, 4) is 11.4 Å². The van der Waals surface area contributed by atoms with E-state index in [9.17, 15) is 14.0 Å². The van der Waals surface area contributed by atoms with Gasteiger partial charge in [0.1, 0.15) is 12.4 Å². The van der Waals surface area contributed by atoms with Crippen LogP contribution in [0.4, 0.5) is 4.39 Å². The lowest BCUT2D eigenvalue weighted by molar-refractivity contribution is 0.369. The molecule has 0 unspecified atom stereocenters. The Morgan fingerprint density at radius 3 is 2.53 bits per heavy atom. The van der Waals surface area contributed by atoms with Crippen LogP contribution in [-0.4, -0.2) is 19.3 Å². The molecule has 0 radical (unpaired) electrons. The lowest BCUT2D eigenvalue weighted by Crippen LogP contribution is -2.40. The molecule has 0 saturated heterocycles. The van der Waals surface area contributed by atoms with Crippen LogP contribution in [0.2, 0.25) is 0 Å². The van der Waals surface area contributed by atoms with Crippen LogP contribution in [0, 0.1) is 5.82 Å². The summed E-state index contributed by atoms with van der Waals surface area (Å²) in [7, 11) is 0. The minimum absolute atomic E-state index is 0.0294. The van der Waals surface area contributed by atoms with E-state index in [1.165, 1.54) is 21.3 Å². The second kappa shape index (κ2) is 8.44. The summed E-state index contributed by atoms with van der Waals surface area (Å²) in [5.74, 6) is 0.171. The number of rotatable bonds is 7. The maximum atomic E-state index is 13.1. The third-order valence-corrected chi connectivity index (χ3v) is 4.98. The number of halogens is 1. The molecule has 0 aliphatic carbocycles. The molecule has 7 nitrogen and oxygen atoms in total. The van der Waals surface area contributed by atoms with Gasteiger partial charge >= 0.3 is 5.69 Å². The molecule has 0 aliphatic rings. The Bertz CT molecular complexity index is 1290. The fraction of sp³-hybridized carbons (Fsp3) is 0.273. The lowest BCUT2D eigenvalue weighted by Gasteiger charge is -2.12. The fourth-order valence-corrected chi connectivity index (χ4v) is 3.41. The molecule has 0 N–H and O–H groups in total. The maximum absolute atomic E-state index is 13.1. The molecular formula is C22H21FN4O3. The maximum Gasteiger partial charge on any atom is 0.331 e. The van der Waals surface area contributed by atoms with E-state index < -0.39 is 5.69 Å². The number of nitrogens with zero attached hydrogens (tertiary/aromatic N) is 4. The van der Waals surface area contributed by atoms with Gasteiger partial charge in [-0.3, -0.25) is 13.9 Å². The first kappa shape index (κ1) is 19.8. The summed E-state index contributed by atoms with van der Waals surface area (Å²) in [6.07, 6.45) is 2.67. The number of para-hydroxylation sites is 1. The molecule has 4 aromatic rings. The van der Waals surface area contributed by atoms with E-state index in [2.05, 4.69) is 17.1 Å². The molecule has 8 heteroatoms. The van der Waals surface area contributed by atoms with Gasteiger partial charge in [0.2, 0.25) is 11.7 Å². The van der Waals surface area contributed by atoms with E-state index in [0.717, 1.165) is 19.3 Å². The third kappa shape index (κ3) is 3.80. The van der Waals surface area contributed by atoms with Crippen molar-refractivity contribution in [2.45, 2.75) is 39.3 Å². The molecule has 0 bridgehead atoms. The van der Waals surface area contributed by atoms with Gasteiger partial charge in [0.05, 0.1) is 10.9 Å². The molecular weight excluding hydrogens is 387 g/mol. The second-order valence-electron chi connectivity index (χ2n) is 7.07. The molecule has 2 aromatic heterocycles. The number of fused-ring (bicyclic) bond motifs is 1. The highest BCUT2D eigenvalue weighted by molar-refractivity contribution is 5.77. The van der Waals surface area contributed by atoms with Crippen LogP contribution in [0.3, 0.4) is 0 Å². The Balaban J connectivity index is 1.74. The summed E-state index contributed by atoms with van der Waals surface area (Å²) in [6, 6.07) is 12.7. The first-order chi connectivity index (χ1) is 14.6. The van der Waals surface area contributed by atoms with Gasteiger partial charge in [-0.25, -0.2) is 9.18 Å². The largest absolute Gasteiger partial charge is 0.337 e. The van der Waals surface area contributed by atoms with Crippen LogP contribution in [0.1, 0.15) is 32.1 Å². The lowest BCUT2D eigenvalue weighted by atomic mass is 10.2. The van der Waals surface area contributed by atoms with E-state index in [1.807, 2.05) is 0 Å². The Labute approximate surface area is 171 Å². The summed E-state index contributed by atoms with van der Waals surface area (Å²) < 4.78 is 21.2. The molecule has 0 aliphatic heterocycles. The Kier molecular flexibility index (Phi) is 5.56. The van der Waals surface area contributed by atoms with Gasteiger partial charge in [0.25, 0.3) is 5.56 Å². The molecule has 30 heavy (non-hydrogen) atoms. The Morgan fingerprint density at radius 2 is 1.77 bits per heavy atom. The number of hydrogen-bond donors (Lipinski definition) is 0. The van der Waals surface area contributed by atoms with Crippen molar-refractivity contribution in [3.05, 3.63) is 81.1 Å². The highest BCUT2D eigenvalue weighted by Crippen LogP contribution is 2.17. The summed E-state index contributed by atoms with van der Waals surface area (Å²) in [5.41, 5.74) is 0.422. The Morgan fingerprint density at radius 1 is 1.00 bits per heavy atom. The molecule has 2 aromatic carbocycles. The van der Waals surface area contributed by atoms with Crippen molar-refractivity contribution in [3.63, 3.8) is 0 Å². The van der Waals surface area contributed by atoms with Gasteiger partial charge in [-0.2, -0.15) is 4.98 Å². The predicted molar refractivity (Wildman–Crippen MR) is 111 cm³/mol. The normalized spacial score (nSPS) is 11.3. The van der Waals surface area contributed by atoms with Gasteiger partial charge in [-0.15, -0.1) is 0 Å². The SMILES string of the molecule is CCCCCn1c(=O)c2ccccc2n(Cc2nc(-c3ccc(F)cc3)no2)c1=O. The Hall–Kier alpha value is -3.55. The molecule has 0 atom stereocenters. The van der Waals surface area contributed by atoms with Crippen LogP contribution in [0.5, 0.6) is 0 Å². The van der Waals surface area contributed by atoms with Gasteiger partial charge in [0, 0.05) is 12.1 Å². The van der Waals surface area contributed by atoms with Gasteiger partial charge in [-0.1, -0.05) is 37.1 Å². The summed E-state index contributed by atoms with van der Waals surface area (Å²) >= 11 is 0. The number of hydrogen-bond acceptors (Lipinski definition) is 5. The molecule has 0 amide bonds. The topological polar surface area (TPSA) is 82.9 Å². The van der Waals surface area contributed by atoms with E-state index in [4.69, 9.17) is 4.52 Å². The third-order valence-electron chi connectivity index (χ3n) is 4.98. The van der Waals surface area contributed by atoms with E-state index in [-0.39, 0.29) is 23.8 Å². The second-order valence-corrected chi connectivity index (χ2v) is 7.07. The van der Waals surface area contributed by atoms with Crippen LogP contribution in [-0.2, 0) is 13.1 Å². The van der Waals surface area contributed by atoms with Crippen LogP contribution in [0.25, 0.3) is 22.3 Å². The van der Waals surface area contributed by atoms with Crippen molar-refractivity contribution in [1.29, 1.82) is 0 Å². The molecule has 154 valence electrons. The standard InChI is InChI=1S/C22H21FN4O3/c1-2-3-6-13-26-21(28)17-7-4-5-8-18(17)27(22(26)29)14-19-24-20(25-30-19)15-9-11-16(23)12-10-15/h4-5,7-12H,2-3,6,13-14H2,1H3. The molecule has 0 fully saturated rings. The molecule has 0 saturated carbocycles. The highest BCUT2D eigenvalue weighted by atomic mass is 19.1. The van der Waals surface area contributed by atoms with Gasteiger partial charge < -0.3 is 4.52 Å². The first-order valence-electron chi connectivity index (χ1n) is 9.89. The predicted octanol–water partition coefficient (Wildman–Crippen LogP) is 3.59.